The molecule has 5 rings (SSSR count). The molecule has 0 bridgehead atoms. The van der Waals surface area contributed by atoms with Crippen LogP contribution in [-0.2, 0) is 16.1 Å². The number of nitrogens with zero attached hydrogens (tertiary/aromatic N) is 1. The Hall–Kier alpha value is -2.28. The Kier molecular flexibility index (Phi) is 5.54. The summed E-state index contributed by atoms with van der Waals surface area (Å²) >= 11 is 7.25. The normalized spacial score (nSPS) is 20.6. The molecule has 0 radical (unpaired) electrons. The number of carbonyl (C=O) groups is 2. The van der Waals surface area contributed by atoms with E-state index in [0.717, 1.165) is 42.6 Å². The zero-order valence-corrected chi connectivity index (χ0v) is 18.5. The van der Waals surface area contributed by atoms with Gasteiger partial charge < -0.3 is 14.6 Å². The molecule has 1 aromatic heterocycles. The first-order valence-corrected chi connectivity index (χ1v) is 11.9. The highest BCUT2D eigenvalue weighted by atomic mass is 35.5. The molecule has 2 saturated heterocycles. The second kappa shape index (κ2) is 8.34. The van der Waals surface area contributed by atoms with Gasteiger partial charge in [0.15, 0.2) is 5.78 Å². The van der Waals surface area contributed by atoms with E-state index >= 15 is 0 Å². The van der Waals surface area contributed by atoms with Crippen molar-refractivity contribution in [2.45, 2.75) is 29.5 Å². The molecule has 31 heavy (non-hydrogen) atoms. The van der Waals surface area contributed by atoms with Crippen molar-refractivity contribution in [2.75, 3.05) is 19.0 Å². The van der Waals surface area contributed by atoms with Crippen LogP contribution in [0.3, 0.4) is 0 Å². The van der Waals surface area contributed by atoms with E-state index in [1.54, 1.807) is 0 Å². The standard InChI is InChI=1S/C24H23ClN2O3S/c25-14-20(28)22-23(29)27(24(31-22)9-11-26-12-10-24)15-19-7-8-21(30-19)18-6-5-16-3-1-2-4-17(16)13-18/h1-8,13,22,26H,9-12,14-15H2. The van der Waals surface area contributed by atoms with E-state index in [0.29, 0.717) is 12.3 Å². The summed E-state index contributed by atoms with van der Waals surface area (Å²) in [6, 6.07) is 18.3. The van der Waals surface area contributed by atoms with Crippen molar-refractivity contribution in [3.05, 3.63) is 60.4 Å². The van der Waals surface area contributed by atoms with Crippen LogP contribution in [0, 0.1) is 0 Å². The number of benzene rings is 2. The third-order valence-electron chi connectivity index (χ3n) is 6.14. The highest BCUT2D eigenvalue weighted by molar-refractivity contribution is 8.03. The number of ketones is 1. The lowest BCUT2D eigenvalue weighted by molar-refractivity contribution is -0.136. The predicted octanol–water partition coefficient (Wildman–Crippen LogP) is 4.43. The van der Waals surface area contributed by atoms with Crippen molar-refractivity contribution >= 4 is 45.8 Å². The number of Topliss-reactive ketones (excluding diaryl/α,β-unsaturated/α-hetero) is 1. The smallest absolute Gasteiger partial charge is 0.244 e. The second-order valence-electron chi connectivity index (χ2n) is 8.05. The highest BCUT2D eigenvalue weighted by Crippen LogP contribution is 2.48. The third kappa shape index (κ3) is 3.77. The lowest BCUT2D eigenvalue weighted by atomic mass is 10.0. The number of rotatable bonds is 5. The quantitative estimate of drug-likeness (QED) is 0.456. The summed E-state index contributed by atoms with van der Waals surface area (Å²) in [5.74, 6) is 0.981. The number of amides is 1. The summed E-state index contributed by atoms with van der Waals surface area (Å²) in [6.07, 6.45) is 1.60. The van der Waals surface area contributed by atoms with Crippen molar-refractivity contribution in [1.29, 1.82) is 0 Å². The molecule has 160 valence electrons. The maximum Gasteiger partial charge on any atom is 0.244 e. The molecule has 1 atom stereocenters. The Bertz CT molecular complexity index is 1140. The second-order valence-corrected chi connectivity index (χ2v) is 9.78. The van der Waals surface area contributed by atoms with Gasteiger partial charge >= 0.3 is 0 Å². The fraction of sp³-hybridized carbons (Fsp3) is 0.333. The van der Waals surface area contributed by atoms with Gasteiger partial charge in [-0.15, -0.1) is 23.4 Å². The van der Waals surface area contributed by atoms with E-state index in [1.807, 2.05) is 35.2 Å². The molecule has 5 nitrogen and oxygen atoms in total. The molecule has 0 aliphatic carbocycles. The number of halogens is 1. The van der Waals surface area contributed by atoms with Gasteiger partial charge in [0, 0.05) is 5.56 Å². The minimum Gasteiger partial charge on any atom is -0.459 e. The average Bonchev–Trinajstić information content (AvgIpc) is 3.38. The zero-order chi connectivity index (χ0) is 21.4. The van der Waals surface area contributed by atoms with Gasteiger partial charge in [-0.1, -0.05) is 36.4 Å². The number of piperidine rings is 1. The average molecular weight is 455 g/mol. The molecule has 3 aromatic rings. The minimum absolute atomic E-state index is 0.140. The maximum absolute atomic E-state index is 13.2. The van der Waals surface area contributed by atoms with Gasteiger partial charge in [-0.2, -0.15) is 0 Å². The van der Waals surface area contributed by atoms with Crippen LogP contribution in [0.25, 0.3) is 22.1 Å². The van der Waals surface area contributed by atoms with Gasteiger partial charge in [0.1, 0.15) is 16.8 Å². The summed E-state index contributed by atoms with van der Waals surface area (Å²) in [7, 11) is 0. The van der Waals surface area contributed by atoms with E-state index in [9.17, 15) is 9.59 Å². The maximum atomic E-state index is 13.2. The molecular weight excluding hydrogens is 432 g/mol. The molecule has 2 aliphatic rings. The number of furan rings is 1. The first kappa shape index (κ1) is 20.6. The van der Waals surface area contributed by atoms with Crippen LogP contribution in [0.5, 0.6) is 0 Å². The van der Waals surface area contributed by atoms with Gasteiger partial charge in [-0.25, -0.2) is 0 Å². The first-order valence-electron chi connectivity index (χ1n) is 10.5. The Morgan fingerprint density at radius 3 is 2.68 bits per heavy atom. The fourth-order valence-corrected chi connectivity index (χ4v) is 6.34. The molecule has 7 heteroatoms. The van der Waals surface area contributed by atoms with Crippen molar-refractivity contribution < 1.29 is 14.0 Å². The SMILES string of the molecule is O=C(CCl)C1SC2(CCNCC2)N(Cc2ccc(-c3ccc4ccccc4c3)o2)C1=O. The van der Waals surface area contributed by atoms with Gasteiger partial charge in [0.05, 0.1) is 17.3 Å². The van der Waals surface area contributed by atoms with E-state index in [-0.39, 0.29) is 22.4 Å². The Balaban J connectivity index is 1.42. The zero-order valence-electron chi connectivity index (χ0n) is 17.0. The highest BCUT2D eigenvalue weighted by Gasteiger charge is 2.54. The molecule has 3 heterocycles. The van der Waals surface area contributed by atoms with E-state index in [2.05, 4.69) is 29.6 Å². The van der Waals surface area contributed by atoms with Gasteiger partial charge in [0.2, 0.25) is 5.91 Å². The number of carbonyl (C=O) groups excluding carboxylic acids is 2. The minimum atomic E-state index is -0.717. The number of fused-ring (bicyclic) bond motifs is 1. The predicted molar refractivity (Wildman–Crippen MR) is 124 cm³/mol. The number of hydrogen-bond donors (Lipinski definition) is 1. The monoisotopic (exact) mass is 454 g/mol. The molecule has 2 fully saturated rings. The number of thioether (sulfide) groups is 1. The van der Waals surface area contributed by atoms with Crippen LogP contribution in [0.15, 0.2) is 59.0 Å². The molecule has 2 aromatic carbocycles. The van der Waals surface area contributed by atoms with Crippen molar-refractivity contribution in [3.63, 3.8) is 0 Å². The van der Waals surface area contributed by atoms with E-state index in [4.69, 9.17) is 16.0 Å². The number of nitrogens with one attached hydrogen (secondary N) is 1. The van der Waals surface area contributed by atoms with Crippen LogP contribution >= 0.6 is 23.4 Å². The Morgan fingerprint density at radius 2 is 1.90 bits per heavy atom. The summed E-state index contributed by atoms with van der Waals surface area (Å²) in [4.78, 5) is 26.9. The third-order valence-corrected chi connectivity index (χ3v) is 8.17. The van der Waals surface area contributed by atoms with E-state index < -0.39 is 5.25 Å². The number of hydrogen-bond acceptors (Lipinski definition) is 5. The Morgan fingerprint density at radius 1 is 1.13 bits per heavy atom. The van der Waals surface area contributed by atoms with Crippen LogP contribution in [0.4, 0.5) is 0 Å². The lowest BCUT2D eigenvalue weighted by Crippen LogP contribution is -2.50. The summed E-state index contributed by atoms with van der Waals surface area (Å²) in [5, 5.41) is 4.96. The van der Waals surface area contributed by atoms with Crippen molar-refractivity contribution in [3.8, 4) is 11.3 Å². The molecule has 1 spiro atoms. The number of alkyl halides is 1. The van der Waals surface area contributed by atoms with Crippen LogP contribution in [0.1, 0.15) is 18.6 Å². The molecule has 1 unspecified atom stereocenters. The Labute approximate surface area is 190 Å². The van der Waals surface area contributed by atoms with Crippen LogP contribution < -0.4 is 5.32 Å². The van der Waals surface area contributed by atoms with Gasteiger partial charge in [0.25, 0.3) is 0 Å². The molecule has 0 saturated carbocycles. The topological polar surface area (TPSA) is 62.6 Å². The van der Waals surface area contributed by atoms with Crippen molar-refractivity contribution in [1.82, 2.24) is 10.2 Å². The molecule has 1 amide bonds. The van der Waals surface area contributed by atoms with Gasteiger partial charge in [-0.05, 0) is 54.9 Å². The van der Waals surface area contributed by atoms with Crippen molar-refractivity contribution in [2.24, 2.45) is 0 Å². The lowest BCUT2D eigenvalue weighted by Gasteiger charge is -2.40. The molecule has 1 N–H and O–H groups in total. The van der Waals surface area contributed by atoms with Gasteiger partial charge in [-0.3, -0.25) is 9.59 Å². The van der Waals surface area contributed by atoms with Crippen LogP contribution in [-0.4, -0.2) is 45.7 Å². The largest absolute Gasteiger partial charge is 0.459 e. The summed E-state index contributed by atoms with van der Waals surface area (Å²) in [5.41, 5.74) is 0.999. The van der Waals surface area contributed by atoms with E-state index in [1.165, 1.54) is 17.1 Å². The fourth-order valence-electron chi connectivity index (χ4n) is 4.49. The molecular formula is C24H23ClN2O3S. The summed E-state index contributed by atoms with van der Waals surface area (Å²) in [6.45, 7) is 1.99. The summed E-state index contributed by atoms with van der Waals surface area (Å²) < 4.78 is 6.16. The van der Waals surface area contributed by atoms with Crippen LogP contribution in [0.2, 0.25) is 0 Å². The molecule has 2 aliphatic heterocycles. The first-order chi connectivity index (χ1) is 15.1.